The molecule has 3 aromatic rings. The number of rotatable bonds is 2. The molecule has 2 aromatic heterocycles. The van der Waals surface area contributed by atoms with E-state index in [1.807, 2.05) is 35.9 Å². The number of carbonyl (C=O) groups is 1. The Balaban J connectivity index is 1.78. The van der Waals surface area contributed by atoms with E-state index >= 15 is 0 Å². The normalized spacial score (nSPS) is 10.6. The monoisotopic (exact) mass is 300 g/mol. The summed E-state index contributed by atoms with van der Waals surface area (Å²) in [4.78, 5) is 16.4. The predicted molar refractivity (Wildman–Crippen MR) is 84.0 cm³/mol. The number of anilines is 2. The molecule has 0 radical (unpaired) electrons. The lowest BCUT2D eigenvalue weighted by atomic mass is 10.3. The molecule has 0 aliphatic carbocycles. The molecule has 0 fully saturated rings. The van der Waals surface area contributed by atoms with Crippen LogP contribution in [0.4, 0.5) is 16.2 Å². The molecule has 0 saturated heterocycles. The maximum atomic E-state index is 12.0. The van der Waals surface area contributed by atoms with Gasteiger partial charge in [-0.25, -0.2) is 9.78 Å². The van der Waals surface area contributed by atoms with Crippen molar-refractivity contribution in [3.8, 4) is 0 Å². The number of pyridine rings is 1. The Hall–Kier alpha value is -2.53. The molecule has 2 heterocycles. The number of aromatic nitrogens is 2. The minimum Gasteiger partial charge on any atom is -0.308 e. The van der Waals surface area contributed by atoms with Crippen LogP contribution in [0, 0.1) is 6.92 Å². The number of carbonyl (C=O) groups excluding carboxylic acids is 1. The number of hydrogen-bond donors (Lipinski definition) is 2. The lowest BCUT2D eigenvalue weighted by molar-refractivity contribution is 0.262. The Morgan fingerprint density at radius 2 is 1.95 bits per heavy atom. The van der Waals surface area contributed by atoms with Crippen LogP contribution in [0.25, 0.3) is 5.65 Å². The highest BCUT2D eigenvalue weighted by atomic mass is 35.5. The van der Waals surface area contributed by atoms with Crippen molar-refractivity contribution in [1.29, 1.82) is 0 Å². The molecule has 2 amide bonds. The quantitative estimate of drug-likeness (QED) is 0.753. The molecule has 1 aromatic carbocycles. The SMILES string of the molecule is Cc1cn2cccc(NC(=O)Nc3ccc(Cl)cc3)c2n1. The Morgan fingerprint density at radius 3 is 2.71 bits per heavy atom. The number of fused-ring (bicyclic) bond motifs is 1. The van der Waals surface area contributed by atoms with Crippen LogP contribution in [0.5, 0.6) is 0 Å². The van der Waals surface area contributed by atoms with E-state index in [-0.39, 0.29) is 6.03 Å². The van der Waals surface area contributed by atoms with Crippen LogP contribution in [0.15, 0.2) is 48.8 Å². The number of aryl methyl sites for hydroxylation is 1. The summed E-state index contributed by atoms with van der Waals surface area (Å²) in [5.41, 5.74) is 2.92. The summed E-state index contributed by atoms with van der Waals surface area (Å²) in [6.07, 6.45) is 3.79. The van der Waals surface area contributed by atoms with Gasteiger partial charge in [0.2, 0.25) is 0 Å². The van der Waals surface area contributed by atoms with E-state index in [9.17, 15) is 4.79 Å². The van der Waals surface area contributed by atoms with Crippen molar-refractivity contribution in [2.24, 2.45) is 0 Å². The van der Waals surface area contributed by atoms with Crippen molar-refractivity contribution in [3.63, 3.8) is 0 Å². The predicted octanol–water partition coefficient (Wildman–Crippen LogP) is 3.94. The molecular formula is C15H13ClN4O. The van der Waals surface area contributed by atoms with Gasteiger partial charge in [0.05, 0.1) is 11.4 Å². The van der Waals surface area contributed by atoms with E-state index in [1.54, 1.807) is 24.3 Å². The molecule has 2 N–H and O–H groups in total. The van der Waals surface area contributed by atoms with Crippen molar-refractivity contribution in [2.45, 2.75) is 6.92 Å². The molecule has 0 aliphatic heterocycles. The summed E-state index contributed by atoms with van der Waals surface area (Å²) in [5, 5.41) is 6.16. The maximum absolute atomic E-state index is 12.0. The fourth-order valence-corrected chi connectivity index (χ4v) is 2.18. The second-order valence-corrected chi connectivity index (χ2v) is 5.06. The van der Waals surface area contributed by atoms with Crippen LogP contribution in [0.1, 0.15) is 5.69 Å². The zero-order chi connectivity index (χ0) is 14.8. The number of imidazole rings is 1. The zero-order valence-electron chi connectivity index (χ0n) is 11.3. The highest BCUT2D eigenvalue weighted by Gasteiger charge is 2.08. The van der Waals surface area contributed by atoms with E-state index in [0.717, 1.165) is 5.69 Å². The highest BCUT2D eigenvalue weighted by molar-refractivity contribution is 6.30. The number of amides is 2. The summed E-state index contributed by atoms with van der Waals surface area (Å²) in [5.74, 6) is 0. The summed E-state index contributed by atoms with van der Waals surface area (Å²) in [6.45, 7) is 1.91. The standard InChI is InChI=1S/C15H13ClN4O/c1-10-9-20-8-2-3-13(14(20)17-10)19-15(21)18-12-6-4-11(16)5-7-12/h2-9H,1H3,(H2,18,19,21). The number of nitrogens with zero attached hydrogens (tertiary/aromatic N) is 2. The Kier molecular flexibility index (Phi) is 3.50. The molecule has 3 rings (SSSR count). The topological polar surface area (TPSA) is 58.4 Å². The van der Waals surface area contributed by atoms with Gasteiger partial charge in [-0.15, -0.1) is 0 Å². The molecular weight excluding hydrogens is 288 g/mol. The van der Waals surface area contributed by atoms with E-state index in [4.69, 9.17) is 11.6 Å². The summed E-state index contributed by atoms with van der Waals surface area (Å²) in [6, 6.07) is 10.2. The molecule has 21 heavy (non-hydrogen) atoms. The third-order valence-corrected chi connectivity index (χ3v) is 3.21. The number of hydrogen-bond acceptors (Lipinski definition) is 2. The van der Waals surface area contributed by atoms with Gasteiger partial charge in [0.1, 0.15) is 0 Å². The second-order valence-electron chi connectivity index (χ2n) is 4.62. The molecule has 0 atom stereocenters. The molecule has 106 valence electrons. The molecule has 5 nitrogen and oxygen atoms in total. The maximum Gasteiger partial charge on any atom is 0.323 e. The van der Waals surface area contributed by atoms with Gasteiger partial charge in [-0.1, -0.05) is 11.6 Å². The summed E-state index contributed by atoms with van der Waals surface area (Å²) in [7, 11) is 0. The van der Waals surface area contributed by atoms with Crippen LogP contribution < -0.4 is 10.6 Å². The van der Waals surface area contributed by atoms with Gasteiger partial charge in [0, 0.05) is 23.1 Å². The van der Waals surface area contributed by atoms with E-state index in [2.05, 4.69) is 15.6 Å². The van der Waals surface area contributed by atoms with Gasteiger partial charge in [-0.2, -0.15) is 0 Å². The Labute approximate surface area is 126 Å². The first-order chi connectivity index (χ1) is 10.1. The van der Waals surface area contributed by atoms with Crippen molar-refractivity contribution >= 4 is 34.7 Å². The van der Waals surface area contributed by atoms with E-state index in [0.29, 0.717) is 22.0 Å². The third-order valence-electron chi connectivity index (χ3n) is 2.95. The first-order valence-electron chi connectivity index (χ1n) is 6.40. The van der Waals surface area contributed by atoms with E-state index < -0.39 is 0 Å². The van der Waals surface area contributed by atoms with Crippen LogP contribution in [-0.4, -0.2) is 15.4 Å². The minimum atomic E-state index is -0.328. The molecule has 0 aliphatic rings. The van der Waals surface area contributed by atoms with Crippen LogP contribution in [0.2, 0.25) is 5.02 Å². The number of benzene rings is 1. The summed E-state index contributed by atoms with van der Waals surface area (Å²) < 4.78 is 1.87. The van der Waals surface area contributed by atoms with Crippen LogP contribution in [-0.2, 0) is 0 Å². The molecule has 0 bridgehead atoms. The van der Waals surface area contributed by atoms with E-state index in [1.165, 1.54) is 0 Å². The molecule has 0 saturated carbocycles. The molecule has 0 spiro atoms. The Bertz CT molecular complexity index is 795. The zero-order valence-corrected chi connectivity index (χ0v) is 12.1. The first kappa shape index (κ1) is 13.5. The number of nitrogens with one attached hydrogen (secondary N) is 2. The van der Waals surface area contributed by atoms with Crippen molar-refractivity contribution in [1.82, 2.24) is 9.38 Å². The third kappa shape index (κ3) is 2.98. The fourth-order valence-electron chi connectivity index (χ4n) is 2.05. The number of urea groups is 1. The first-order valence-corrected chi connectivity index (χ1v) is 6.77. The van der Waals surface area contributed by atoms with Crippen molar-refractivity contribution < 1.29 is 4.79 Å². The van der Waals surface area contributed by atoms with Crippen molar-refractivity contribution in [2.75, 3.05) is 10.6 Å². The lowest BCUT2D eigenvalue weighted by Crippen LogP contribution is -2.19. The molecule has 6 heteroatoms. The van der Waals surface area contributed by atoms with Gasteiger partial charge >= 0.3 is 6.03 Å². The van der Waals surface area contributed by atoms with Crippen LogP contribution >= 0.6 is 11.6 Å². The van der Waals surface area contributed by atoms with Gasteiger partial charge in [0.15, 0.2) is 5.65 Å². The van der Waals surface area contributed by atoms with Gasteiger partial charge < -0.3 is 15.0 Å². The smallest absolute Gasteiger partial charge is 0.308 e. The average Bonchev–Trinajstić information content (AvgIpc) is 2.83. The van der Waals surface area contributed by atoms with Crippen LogP contribution in [0.3, 0.4) is 0 Å². The highest BCUT2D eigenvalue weighted by Crippen LogP contribution is 2.17. The molecule has 0 unspecified atom stereocenters. The van der Waals surface area contributed by atoms with Gasteiger partial charge in [0.25, 0.3) is 0 Å². The van der Waals surface area contributed by atoms with Crippen molar-refractivity contribution in [3.05, 3.63) is 59.5 Å². The minimum absolute atomic E-state index is 0.328. The Morgan fingerprint density at radius 1 is 1.19 bits per heavy atom. The fraction of sp³-hybridized carbons (Fsp3) is 0.0667. The van der Waals surface area contributed by atoms with Gasteiger partial charge in [-0.3, -0.25) is 0 Å². The average molecular weight is 301 g/mol. The van der Waals surface area contributed by atoms with Gasteiger partial charge in [-0.05, 0) is 43.3 Å². The lowest BCUT2D eigenvalue weighted by Gasteiger charge is -2.08. The largest absolute Gasteiger partial charge is 0.323 e. The summed E-state index contributed by atoms with van der Waals surface area (Å²) >= 11 is 5.81. The number of halogens is 1. The second kappa shape index (κ2) is 5.46.